The van der Waals surface area contributed by atoms with E-state index in [1.54, 1.807) is 11.0 Å². The summed E-state index contributed by atoms with van der Waals surface area (Å²) in [5, 5.41) is 2.90. The molecule has 0 aliphatic carbocycles. The quantitative estimate of drug-likeness (QED) is 0.844. The normalized spacial score (nSPS) is 15.6. The molecule has 1 aromatic carbocycles. The molecule has 0 aromatic heterocycles. The number of rotatable bonds is 5. The van der Waals surface area contributed by atoms with Crippen molar-refractivity contribution in [3.8, 4) is 12.3 Å². The number of ether oxygens (including phenoxy) is 1. The molecule has 1 aromatic rings. The summed E-state index contributed by atoms with van der Waals surface area (Å²) in [6.07, 6.45) is 5.39. The van der Waals surface area contributed by atoms with E-state index in [-0.39, 0.29) is 11.4 Å². The summed E-state index contributed by atoms with van der Waals surface area (Å²) in [6.45, 7) is 9.48. The second-order valence-corrected chi connectivity index (χ2v) is 7.06. The van der Waals surface area contributed by atoms with E-state index in [0.29, 0.717) is 12.2 Å². The molecule has 5 nitrogen and oxygen atoms in total. The van der Waals surface area contributed by atoms with Gasteiger partial charge >= 0.3 is 6.03 Å². The van der Waals surface area contributed by atoms with Gasteiger partial charge < -0.3 is 15.0 Å². The number of benzene rings is 1. The molecule has 1 aliphatic rings. The monoisotopic (exact) mass is 329 g/mol. The van der Waals surface area contributed by atoms with Gasteiger partial charge in [-0.25, -0.2) is 4.79 Å². The third-order valence-electron chi connectivity index (χ3n) is 4.05. The van der Waals surface area contributed by atoms with Crippen molar-refractivity contribution in [3.05, 3.63) is 29.8 Å². The average Bonchev–Trinajstić information content (AvgIpc) is 2.55. The van der Waals surface area contributed by atoms with Crippen molar-refractivity contribution in [1.82, 2.24) is 9.80 Å². The number of urea groups is 1. The van der Waals surface area contributed by atoms with Gasteiger partial charge in [0.15, 0.2) is 0 Å². The van der Waals surface area contributed by atoms with Crippen LogP contribution < -0.4 is 5.32 Å². The molecule has 5 heteroatoms. The molecule has 0 radical (unpaired) electrons. The Bertz CT molecular complexity index is 601. The van der Waals surface area contributed by atoms with Gasteiger partial charge in [0, 0.05) is 44.5 Å². The molecule has 0 atom stereocenters. The number of terminal acetylenes is 1. The van der Waals surface area contributed by atoms with Crippen LogP contribution in [0, 0.1) is 17.8 Å². The fourth-order valence-corrected chi connectivity index (χ4v) is 3.03. The molecule has 1 aliphatic heterocycles. The van der Waals surface area contributed by atoms with Crippen molar-refractivity contribution < 1.29 is 9.53 Å². The van der Waals surface area contributed by atoms with Gasteiger partial charge in [0.05, 0.1) is 13.2 Å². The Balaban J connectivity index is 1.88. The first-order chi connectivity index (χ1) is 11.4. The maximum atomic E-state index is 12.4. The van der Waals surface area contributed by atoms with Gasteiger partial charge in [0.2, 0.25) is 0 Å². The molecule has 130 valence electrons. The lowest BCUT2D eigenvalue weighted by Crippen LogP contribution is -2.47. The second-order valence-electron chi connectivity index (χ2n) is 7.06. The molecule has 0 saturated carbocycles. The molecule has 0 unspecified atom stereocenters. The minimum atomic E-state index is -0.126. The number of hydrogen-bond donors (Lipinski definition) is 1. The highest BCUT2D eigenvalue weighted by Crippen LogP contribution is 2.20. The minimum Gasteiger partial charge on any atom is -0.379 e. The molecular formula is C19H27N3O2. The third kappa shape index (κ3) is 5.55. The summed E-state index contributed by atoms with van der Waals surface area (Å²) >= 11 is 0. The second kappa shape index (κ2) is 8.18. The van der Waals surface area contributed by atoms with Crippen LogP contribution >= 0.6 is 0 Å². The number of amides is 2. The van der Waals surface area contributed by atoms with E-state index in [2.05, 4.69) is 30.0 Å². The largest absolute Gasteiger partial charge is 0.379 e. The first-order valence-corrected chi connectivity index (χ1v) is 8.28. The number of anilines is 1. The molecule has 1 heterocycles. The highest BCUT2D eigenvalue weighted by Gasteiger charge is 2.26. The van der Waals surface area contributed by atoms with Crippen LogP contribution in [0.15, 0.2) is 24.3 Å². The van der Waals surface area contributed by atoms with Crippen molar-refractivity contribution in [1.29, 1.82) is 0 Å². The highest BCUT2D eigenvalue weighted by atomic mass is 16.5. The SMILES string of the molecule is C#Cc1cccc(NC(=O)N(C)CC(C)(C)CN2CCOCC2)c1. The molecule has 24 heavy (non-hydrogen) atoms. The number of morpholine rings is 1. The Morgan fingerprint density at radius 1 is 1.42 bits per heavy atom. The van der Waals surface area contributed by atoms with E-state index >= 15 is 0 Å². The minimum absolute atomic E-state index is 0.00406. The zero-order valence-electron chi connectivity index (χ0n) is 14.8. The van der Waals surface area contributed by atoms with Crippen LogP contribution in [0.3, 0.4) is 0 Å². The fraction of sp³-hybridized carbons (Fsp3) is 0.526. The Morgan fingerprint density at radius 2 is 2.12 bits per heavy atom. The summed E-state index contributed by atoms with van der Waals surface area (Å²) in [7, 11) is 1.82. The molecule has 0 spiro atoms. The number of nitrogens with zero attached hydrogens (tertiary/aromatic N) is 2. The van der Waals surface area contributed by atoms with Crippen LogP contribution in [-0.2, 0) is 4.74 Å². The average molecular weight is 329 g/mol. The van der Waals surface area contributed by atoms with Crippen LogP contribution in [0.2, 0.25) is 0 Å². The van der Waals surface area contributed by atoms with E-state index < -0.39 is 0 Å². The predicted octanol–water partition coefficient (Wildman–Crippen LogP) is 2.49. The molecule has 1 saturated heterocycles. The van der Waals surface area contributed by atoms with Crippen LogP contribution in [0.1, 0.15) is 19.4 Å². The lowest BCUT2D eigenvalue weighted by molar-refractivity contribution is 0.0182. The van der Waals surface area contributed by atoms with Gasteiger partial charge in [-0.1, -0.05) is 25.8 Å². The van der Waals surface area contributed by atoms with Crippen LogP contribution in [0.25, 0.3) is 0 Å². The molecule has 1 fully saturated rings. The van der Waals surface area contributed by atoms with Gasteiger partial charge in [-0.2, -0.15) is 0 Å². The van der Waals surface area contributed by atoms with Crippen LogP contribution in [0.5, 0.6) is 0 Å². The maximum absolute atomic E-state index is 12.4. The molecule has 1 N–H and O–H groups in total. The highest BCUT2D eigenvalue weighted by molar-refractivity contribution is 5.89. The summed E-state index contributed by atoms with van der Waals surface area (Å²) in [4.78, 5) is 16.5. The maximum Gasteiger partial charge on any atom is 0.321 e. The number of carbonyl (C=O) groups excluding carboxylic acids is 1. The zero-order valence-corrected chi connectivity index (χ0v) is 14.8. The van der Waals surface area contributed by atoms with Crippen molar-refractivity contribution >= 4 is 11.7 Å². The standard InChI is InChI=1S/C19H27N3O2/c1-5-16-7-6-8-17(13-16)20-18(23)21(4)14-19(2,3)15-22-9-11-24-12-10-22/h1,6-8,13H,9-12,14-15H2,2-4H3,(H,20,23). The lowest BCUT2D eigenvalue weighted by atomic mass is 9.92. The number of carbonyl (C=O) groups is 1. The fourth-order valence-electron chi connectivity index (χ4n) is 3.03. The Hall–Kier alpha value is -2.03. The molecule has 0 bridgehead atoms. The molecule has 2 amide bonds. The topological polar surface area (TPSA) is 44.8 Å². The van der Waals surface area contributed by atoms with Gasteiger partial charge in [0.1, 0.15) is 0 Å². The molecular weight excluding hydrogens is 302 g/mol. The summed E-state index contributed by atoms with van der Waals surface area (Å²) in [5.41, 5.74) is 1.47. The van der Waals surface area contributed by atoms with Gasteiger partial charge in [-0.05, 0) is 23.6 Å². The third-order valence-corrected chi connectivity index (χ3v) is 4.05. The van der Waals surface area contributed by atoms with Gasteiger partial charge in [-0.3, -0.25) is 4.90 Å². The smallest absolute Gasteiger partial charge is 0.321 e. The summed E-state index contributed by atoms with van der Waals surface area (Å²) < 4.78 is 5.39. The van der Waals surface area contributed by atoms with Crippen molar-refractivity contribution in [2.24, 2.45) is 5.41 Å². The van der Waals surface area contributed by atoms with E-state index in [1.165, 1.54) is 0 Å². The Labute approximate surface area is 145 Å². The van der Waals surface area contributed by atoms with Crippen molar-refractivity contribution in [2.45, 2.75) is 13.8 Å². The first-order valence-electron chi connectivity index (χ1n) is 8.28. The van der Waals surface area contributed by atoms with E-state index in [0.717, 1.165) is 38.4 Å². The van der Waals surface area contributed by atoms with Crippen LogP contribution in [-0.4, -0.2) is 62.3 Å². The summed E-state index contributed by atoms with van der Waals surface area (Å²) in [5.74, 6) is 2.57. The number of hydrogen-bond acceptors (Lipinski definition) is 3. The predicted molar refractivity (Wildman–Crippen MR) is 97.1 cm³/mol. The van der Waals surface area contributed by atoms with Crippen LogP contribution in [0.4, 0.5) is 10.5 Å². The van der Waals surface area contributed by atoms with E-state index in [9.17, 15) is 4.79 Å². The number of nitrogens with one attached hydrogen (secondary N) is 1. The van der Waals surface area contributed by atoms with E-state index in [4.69, 9.17) is 11.2 Å². The molecule has 2 rings (SSSR count). The Kier molecular flexibility index (Phi) is 6.24. The Morgan fingerprint density at radius 3 is 2.79 bits per heavy atom. The van der Waals surface area contributed by atoms with Gasteiger partial charge in [-0.15, -0.1) is 6.42 Å². The van der Waals surface area contributed by atoms with E-state index in [1.807, 2.05) is 25.2 Å². The van der Waals surface area contributed by atoms with Crippen molar-refractivity contribution in [2.75, 3.05) is 51.8 Å². The first kappa shape index (κ1) is 18.3. The zero-order chi connectivity index (χ0) is 17.6. The van der Waals surface area contributed by atoms with Crippen molar-refractivity contribution in [3.63, 3.8) is 0 Å². The lowest BCUT2D eigenvalue weighted by Gasteiger charge is -2.37. The van der Waals surface area contributed by atoms with Gasteiger partial charge in [0.25, 0.3) is 0 Å². The summed E-state index contributed by atoms with van der Waals surface area (Å²) in [6, 6.07) is 7.19.